The van der Waals surface area contributed by atoms with Gasteiger partial charge in [-0.05, 0) is 36.8 Å². The summed E-state index contributed by atoms with van der Waals surface area (Å²) in [6.07, 6.45) is 3.33. The van der Waals surface area contributed by atoms with Gasteiger partial charge in [-0.1, -0.05) is 37.6 Å². The molecule has 0 fully saturated rings. The molecule has 0 aliphatic carbocycles. The van der Waals surface area contributed by atoms with Gasteiger partial charge < -0.3 is 10.2 Å². The topological polar surface area (TPSA) is 74.6 Å². The molecule has 0 aromatic heterocycles. The Morgan fingerprint density at radius 1 is 1.05 bits per heavy atom. The van der Waals surface area contributed by atoms with E-state index < -0.39 is 17.9 Å². The predicted molar refractivity (Wildman–Crippen MR) is 76.8 cm³/mol. The molecule has 1 aromatic carbocycles. The van der Waals surface area contributed by atoms with Crippen LogP contribution in [0.5, 0.6) is 0 Å². The van der Waals surface area contributed by atoms with Crippen molar-refractivity contribution in [2.75, 3.05) is 0 Å². The summed E-state index contributed by atoms with van der Waals surface area (Å²) in [6, 6.07) is 8.06. The lowest BCUT2D eigenvalue weighted by Gasteiger charge is -2.13. The highest BCUT2D eigenvalue weighted by atomic mass is 16.4. The lowest BCUT2D eigenvalue weighted by atomic mass is 9.92. The molecule has 1 atom stereocenters. The van der Waals surface area contributed by atoms with Crippen LogP contribution in [0.4, 0.5) is 0 Å². The van der Waals surface area contributed by atoms with E-state index in [0.29, 0.717) is 12.8 Å². The Balaban J connectivity index is 2.62. The highest BCUT2D eigenvalue weighted by molar-refractivity contribution is 5.72. The minimum Gasteiger partial charge on any atom is -0.481 e. The largest absolute Gasteiger partial charge is 0.481 e. The molecule has 20 heavy (non-hydrogen) atoms. The third-order valence-corrected chi connectivity index (χ3v) is 3.46. The third kappa shape index (κ3) is 5.43. The number of aryl methyl sites for hydroxylation is 2. The molecule has 110 valence electrons. The van der Waals surface area contributed by atoms with E-state index in [-0.39, 0.29) is 12.8 Å². The van der Waals surface area contributed by atoms with Crippen LogP contribution in [-0.2, 0) is 22.4 Å². The second-order valence-corrected chi connectivity index (χ2v) is 5.02. The van der Waals surface area contributed by atoms with Gasteiger partial charge in [-0.15, -0.1) is 0 Å². The number of carbonyl (C=O) groups is 2. The first kappa shape index (κ1) is 16.2. The fourth-order valence-corrected chi connectivity index (χ4v) is 2.33. The number of carboxylic acids is 2. The van der Waals surface area contributed by atoms with Crippen LogP contribution in [-0.4, -0.2) is 22.2 Å². The van der Waals surface area contributed by atoms with Crippen LogP contribution in [0.1, 0.15) is 43.7 Å². The minimum atomic E-state index is -0.942. The summed E-state index contributed by atoms with van der Waals surface area (Å²) < 4.78 is 0. The normalized spacial score (nSPS) is 12.1. The maximum absolute atomic E-state index is 11.2. The van der Waals surface area contributed by atoms with Crippen LogP contribution >= 0.6 is 0 Å². The lowest BCUT2D eigenvalue weighted by Crippen LogP contribution is -2.16. The number of hydrogen-bond acceptors (Lipinski definition) is 2. The van der Waals surface area contributed by atoms with E-state index in [9.17, 15) is 9.59 Å². The summed E-state index contributed by atoms with van der Waals surface area (Å²) in [7, 11) is 0. The molecule has 0 aliphatic heterocycles. The van der Waals surface area contributed by atoms with E-state index in [2.05, 4.69) is 13.0 Å². The summed E-state index contributed by atoms with van der Waals surface area (Å²) in [6.45, 7) is 2.11. The quantitative estimate of drug-likeness (QED) is 0.727. The Morgan fingerprint density at radius 2 is 1.65 bits per heavy atom. The highest BCUT2D eigenvalue weighted by Crippen LogP contribution is 2.19. The van der Waals surface area contributed by atoms with Crippen LogP contribution < -0.4 is 0 Å². The molecule has 0 aliphatic rings. The molecular weight excluding hydrogens is 256 g/mol. The molecule has 4 heteroatoms. The number of rotatable bonds is 9. The van der Waals surface area contributed by atoms with Crippen molar-refractivity contribution >= 4 is 11.9 Å². The summed E-state index contributed by atoms with van der Waals surface area (Å²) in [4.78, 5) is 21.7. The molecule has 0 saturated heterocycles. The average Bonchev–Trinajstić information content (AvgIpc) is 2.40. The third-order valence-electron chi connectivity index (χ3n) is 3.46. The Labute approximate surface area is 119 Å². The molecule has 1 aromatic rings. The van der Waals surface area contributed by atoms with Crippen molar-refractivity contribution in [2.24, 2.45) is 5.92 Å². The van der Waals surface area contributed by atoms with Crippen LogP contribution in [0.3, 0.4) is 0 Å². The van der Waals surface area contributed by atoms with Gasteiger partial charge in [0.25, 0.3) is 0 Å². The Hall–Kier alpha value is -1.84. The van der Waals surface area contributed by atoms with Crippen LogP contribution in [0, 0.1) is 5.92 Å². The molecule has 0 unspecified atom stereocenters. The zero-order valence-corrected chi connectivity index (χ0v) is 11.8. The first-order chi connectivity index (χ1) is 9.54. The molecule has 1 rings (SSSR count). The van der Waals surface area contributed by atoms with Crippen LogP contribution in [0.25, 0.3) is 0 Å². The first-order valence-electron chi connectivity index (χ1n) is 7.06. The minimum absolute atomic E-state index is 0.0897. The zero-order chi connectivity index (χ0) is 15.0. The van der Waals surface area contributed by atoms with Crippen molar-refractivity contribution in [3.8, 4) is 0 Å². The summed E-state index contributed by atoms with van der Waals surface area (Å²) in [5, 5.41) is 17.8. The number of aliphatic carboxylic acids is 2. The van der Waals surface area contributed by atoms with Crippen LogP contribution in [0.15, 0.2) is 24.3 Å². The van der Waals surface area contributed by atoms with Crippen molar-refractivity contribution in [3.63, 3.8) is 0 Å². The van der Waals surface area contributed by atoms with E-state index in [0.717, 1.165) is 12.8 Å². The van der Waals surface area contributed by atoms with Crippen molar-refractivity contribution in [2.45, 2.75) is 45.4 Å². The smallest absolute Gasteiger partial charge is 0.306 e. The maximum atomic E-state index is 11.2. The van der Waals surface area contributed by atoms with Gasteiger partial charge in [0, 0.05) is 6.42 Å². The molecule has 0 saturated carbocycles. The Bertz CT molecular complexity index is 454. The van der Waals surface area contributed by atoms with E-state index in [1.165, 1.54) is 11.1 Å². The number of benzene rings is 1. The molecule has 0 radical (unpaired) electrons. The fraction of sp³-hybridized carbons (Fsp3) is 0.500. The van der Waals surface area contributed by atoms with Gasteiger partial charge in [0.2, 0.25) is 0 Å². The zero-order valence-electron chi connectivity index (χ0n) is 11.8. The van der Waals surface area contributed by atoms with Gasteiger partial charge in [0.05, 0.1) is 5.92 Å². The van der Waals surface area contributed by atoms with E-state index in [1.807, 2.05) is 18.2 Å². The second kappa shape index (κ2) is 8.35. The number of carboxylic acid groups (broad SMARTS) is 2. The van der Waals surface area contributed by atoms with Gasteiger partial charge >= 0.3 is 11.9 Å². The molecule has 0 bridgehead atoms. The number of hydrogen-bond donors (Lipinski definition) is 2. The molecule has 0 heterocycles. The van der Waals surface area contributed by atoms with Crippen molar-refractivity contribution < 1.29 is 19.8 Å². The molecular formula is C16H22O4. The second-order valence-electron chi connectivity index (χ2n) is 5.02. The van der Waals surface area contributed by atoms with Gasteiger partial charge in [-0.25, -0.2) is 0 Å². The van der Waals surface area contributed by atoms with Crippen molar-refractivity contribution in [1.82, 2.24) is 0 Å². The molecule has 0 amide bonds. The summed E-state index contributed by atoms with van der Waals surface area (Å²) >= 11 is 0. The van der Waals surface area contributed by atoms with Gasteiger partial charge in [-0.3, -0.25) is 9.59 Å². The van der Waals surface area contributed by atoms with Gasteiger partial charge in [-0.2, -0.15) is 0 Å². The Morgan fingerprint density at radius 3 is 2.15 bits per heavy atom. The van der Waals surface area contributed by atoms with Gasteiger partial charge in [0.1, 0.15) is 0 Å². The Kier molecular flexibility index (Phi) is 6.77. The lowest BCUT2D eigenvalue weighted by molar-refractivity contribution is -0.143. The fourth-order valence-electron chi connectivity index (χ4n) is 2.33. The highest BCUT2D eigenvalue weighted by Gasteiger charge is 2.18. The maximum Gasteiger partial charge on any atom is 0.306 e. The van der Waals surface area contributed by atoms with E-state index >= 15 is 0 Å². The average molecular weight is 278 g/mol. The van der Waals surface area contributed by atoms with Gasteiger partial charge in [0.15, 0.2) is 0 Å². The summed E-state index contributed by atoms with van der Waals surface area (Å²) in [5.41, 5.74) is 2.44. The molecule has 0 spiro atoms. The standard InChI is InChI=1S/C16H22O4/c1-2-5-12-6-3-4-7-13(12)8-9-14(16(19)20)10-11-15(17)18/h3-4,6-7,14H,2,5,8-11H2,1H3,(H,17,18)(H,19,20)/t14-/m1/s1. The predicted octanol–water partition coefficient (Wildman–Crippen LogP) is 3.14. The van der Waals surface area contributed by atoms with Crippen molar-refractivity contribution in [1.29, 1.82) is 0 Å². The first-order valence-corrected chi connectivity index (χ1v) is 7.06. The van der Waals surface area contributed by atoms with Crippen LogP contribution in [0.2, 0.25) is 0 Å². The monoisotopic (exact) mass is 278 g/mol. The molecule has 4 nitrogen and oxygen atoms in total. The summed E-state index contributed by atoms with van der Waals surface area (Å²) in [5.74, 6) is -2.43. The van der Waals surface area contributed by atoms with E-state index in [4.69, 9.17) is 10.2 Å². The molecule has 2 N–H and O–H groups in total. The van der Waals surface area contributed by atoms with Crippen molar-refractivity contribution in [3.05, 3.63) is 35.4 Å². The van der Waals surface area contributed by atoms with E-state index in [1.54, 1.807) is 0 Å². The SMILES string of the molecule is CCCc1ccccc1CC[C@H](CCC(=O)O)C(=O)O.